The van der Waals surface area contributed by atoms with Gasteiger partial charge in [-0.3, -0.25) is 0 Å². The van der Waals surface area contributed by atoms with Crippen LogP contribution in [0.25, 0.3) is 21.3 Å². The van der Waals surface area contributed by atoms with E-state index in [4.69, 9.17) is 5.53 Å². The molecular formula is C9H6BrFN4. The van der Waals surface area contributed by atoms with Crippen molar-refractivity contribution in [3.8, 4) is 0 Å². The van der Waals surface area contributed by atoms with Crippen LogP contribution in [-0.2, 0) is 6.54 Å². The summed E-state index contributed by atoms with van der Waals surface area (Å²) in [7, 11) is 0. The van der Waals surface area contributed by atoms with E-state index in [-0.39, 0.29) is 12.4 Å². The van der Waals surface area contributed by atoms with Gasteiger partial charge in [-0.2, -0.15) is 0 Å². The van der Waals surface area contributed by atoms with Gasteiger partial charge in [0.15, 0.2) is 0 Å². The number of benzene rings is 1. The van der Waals surface area contributed by atoms with Gasteiger partial charge in [0.05, 0.1) is 16.5 Å². The van der Waals surface area contributed by atoms with Crippen molar-refractivity contribution >= 4 is 26.8 Å². The number of hydrogen-bond donors (Lipinski definition) is 1. The van der Waals surface area contributed by atoms with Crippen LogP contribution in [0.5, 0.6) is 0 Å². The van der Waals surface area contributed by atoms with E-state index in [1.54, 1.807) is 12.3 Å². The Bertz CT molecular complexity index is 556. The highest BCUT2D eigenvalue weighted by Crippen LogP contribution is 2.29. The van der Waals surface area contributed by atoms with Gasteiger partial charge in [0, 0.05) is 16.5 Å². The topological polar surface area (TPSA) is 64.6 Å². The lowest BCUT2D eigenvalue weighted by Gasteiger charge is -2.02. The van der Waals surface area contributed by atoms with E-state index in [9.17, 15) is 4.39 Å². The second kappa shape index (κ2) is 3.92. The number of rotatable bonds is 2. The standard InChI is InChI=1S/C9H6BrFN4/c10-8-6-1-2-13-9(6)5(3-7(8)11)4-14-15-12/h1-3,13H,4H2. The first kappa shape index (κ1) is 10.0. The van der Waals surface area contributed by atoms with Crippen molar-refractivity contribution in [1.29, 1.82) is 0 Å². The minimum absolute atomic E-state index is 0.137. The summed E-state index contributed by atoms with van der Waals surface area (Å²) in [6, 6.07) is 3.12. The lowest BCUT2D eigenvalue weighted by atomic mass is 10.1. The maximum Gasteiger partial charge on any atom is 0.138 e. The van der Waals surface area contributed by atoms with Crippen molar-refractivity contribution in [3.63, 3.8) is 0 Å². The molecule has 4 nitrogen and oxygen atoms in total. The maximum atomic E-state index is 13.4. The molecule has 0 radical (unpaired) electrons. The van der Waals surface area contributed by atoms with Crippen LogP contribution in [-0.4, -0.2) is 4.98 Å². The number of aromatic nitrogens is 1. The molecule has 1 heterocycles. The number of halogens is 2. The second-order valence-corrected chi connectivity index (χ2v) is 3.78. The number of nitrogens with zero attached hydrogens (tertiary/aromatic N) is 3. The molecule has 0 spiro atoms. The first-order chi connectivity index (χ1) is 7.24. The monoisotopic (exact) mass is 268 g/mol. The molecule has 2 rings (SSSR count). The van der Waals surface area contributed by atoms with E-state index >= 15 is 0 Å². The van der Waals surface area contributed by atoms with Crippen molar-refractivity contribution in [1.82, 2.24) is 4.98 Å². The van der Waals surface area contributed by atoms with Crippen LogP contribution in [0.1, 0.15) is 5.56 Å². The van der Waals surface area contributed by atoms with E-state index in [2.05, 4.69) is 30.9 Å². The Morgan fingerprint density at radius 2 is 2.40 bits per heavy atom. The third kappa shape index (κ3) is 1.69. The van der Waals surface area contributed by atoms with Crippen molar-refractivity contribution in [2.45, 2.75) is 6.54 Å². The number of hydrogen-bond acceptors (Lipinski definition) is 1. The molecule has 1 aromatic carbocycles. The zero-order valence-corrected chi connectivity index (χ0v) is 9.12. The fourth-order valence-electron chi connectivity index (χ4n) is 1.47. The summed E-state index contributed by atoms with van der Waals surface area (Å²) in [5.74, 6) is -0.356. The van der Waals surface area contributed by atoms with Gasteiger partial charge in [0.2, 0.25) is 0 Å². The molecule has 0 saturated heterocycles. The van der Waals surface area contributed by atoms with Gasteiger partial charge in [-0.25, -0.2) is 4.39 Å². The van der Waals surface area contributed by atoms with Gasteiger partial charge in [0.25, 0.3) is 0 Å². The Balaban J connectivity index is 2.68. The first-order valence-corrected chi connectivity index (χ1v) is 4.98. The molecule has 15 heavy (non-hydrogen) atoms. The predicted octanol–water partition coefficient (Wildman–Crippen LogP) is 3.88. The number of nitrogens with one attached hydrogen (secondary N) is 1. The first-order valence-electron chi connectivity index (χ1n) is 4.19. The summed E-state index contributed by atoms with van der Waals surface area (Å²) < 4.78 is 13.8. The molecule has 0 saturated carbocycles. The molecule has 1 N–H and O–H groups in total. The Kier molecular flexibility index (Phi) is 2.62. The van der Waals surface area contributed by atoms with Crippen LogP contribution >= 0.6 is 15.9 Å². The Hall–Kier alpha value is -1.52. The number of aromatic amines is 1. The van der Waals surface area contributed by atoms with Gasteiger partial charge >= 0.3 is 0 Å². The summed E-state index contributed by atoms with van der Waals surface area (Å²) in [6.45, 7) is 0.137. The summed E-state index contributed by atoms with van der Waals surface area (Å²) in [5.41, 5.74) is 9.65. The summed E-state index contributed by atoms with van der Waals surface area (Å²) in [4.78, 5) is 5.64. The van der Waals surface area contributed by atoms with Gasteiger partial charge in [-0.15, -0.1) is 0 Å². The molecule has 0 aliphatic rings. The van der Waals surface area contributed by atoms with Crippen LogP contribution in [0, 0.1) is 5.82 Å². The van der Waals surface area contributed by atoms with Gasteiger partial charge in [-0.05, 0) is 39.2 Å². The van der Waals surface area contributed by atoms with Crippen molar-refractivity contribution in [2.75, 3.05) is 0 Å². The van der Waals surface area contributed by atoms with E-state index in [0.29, 0.717) is 10.0 Å². The van der Waals surface area contributed by atoms with E-state index in [1.165, 1.54) is 6.07 Å². The molecule has 0 bridgehead atoms. The molecule has 0 aliphatic carbocycles. The number of H-pyrrole nitrogens is 1. The highest BCUT2D eigenvalue weighted by atomic mass is 79.9. The lowest BCUT2D eigenvalue weighted by molar-refractivity contribution is 0.621. The summed E-state index contributed by atoms with van der Waals surface area (Å²) in [5, 5.41) is 4.17. The average molecular weight is 269 g/mol. The molecule has 0 fully saturated rings. The van der Waals surface area contributed by atoms with Crippen molar-refractivity contribution < 1.29 is 4.39 Å². The molecule has 0 atom stereocenters. The van der Waals surface area contributed by atoms with E-state index in [1.807, 2.05) is 0 Å². The minimum atomic E-state index is -0.356. The number of fused-ring (bicyclic) bond motifs is 1. The quantitative estimate of drug-likeness (QED) is 0.488. The largest absolute Gasteiger partial charge is 0.361 e. The normalized spacial score (nSPS) is 10.3. The Labute approximate surface area is 92.9 Å². The van der Waals surface area contributed by atoms with Gasteiger partial charge < -0.3 is 4.98 Å². The number of azide groups is 1. The second-order valence-electron chi connectivity index (χ2n) is 2.99. The van der Waals surface area contributed by atoms with Crippen LogP contribution in [0.2, 0.25) is 0 Å². The predicted molar refractivity (Wildman–Crippen MR) is 58.8 cm³/mol. The Morgan fingerprint density at radius 1 is 1.60 bits per heavy atom. The fraction of sp³-hybridized carbons (Fsp3) is 0.111. The SMILES string of the molecule is [N-]=[N+]=NCc1cc(F)c(Br)c2cc[nH]c12. The molecular weight excluding hydrogens is 263 g/mol. The van der Waals surface area contributed by atoms with Gasteiger partial charge in [-0.1, -0.05) is 5.11 Å². The summed E-state index contributed by atoms with van der Waals surface area (Å²) in [6.07, 6.45) is 1.72. The molecule has 0 unspecified atom stereocenters. The van der Waals surface area contributed by atoms with Crippen LogP contribution in [0.3, 0.4) is 0 Å². The van der Waals surface area contributed by atoms with Crippen molar-refractivity contribution in [3.05, 3.63) is 44.6 Å². The molecule has 0 amide bonds. The third-order valence-corrected chi connectivity index (χ3v) is 2.93. The smallest absolute Gasteiger partial charge is 0.138 e. The Morgan fingerprint density at radius 3 is 3.13 bits per heavy atom. The zero-order valence-electron chi connectivity index (χ0n) is 7.54. The minimum Gasteiger partial charge on any atom is -0.361 e. The zero-order chi connectivity index (χ0) is 10.8. The van der Waals surface area contributed by atoms with Crippen LogP contribution in [0.4, 0.5) is 4.39 Å². The lowest BCUT2D eigenvalue weighted by Crippen LogP contribution is -1.88. The molecule has 2 aromatic rings. The fourth-order valence-corrected chi connectivity index (χ4v) is 1.91. The molecule has 0 aliphatic heterocycles. The average Bonchev–Trinajstić information content (AvgIpc) is 2.70. The highest BCUT2D eigenvalue weighted by Gasteiger charge is 2.10. The highest BCUT2D eigenvalue weighted by molar-refractivity contribution is 9.10. The van der Waals surface area contributed by atoms with Gasteiger partial charge in [0.1, 0.15) is 5.82 Å². The third-order valence-electron chi connectivity index (χ3n) is 2.12. The summed E-state index contributed by atoms with van der Waals surface area (Å²) >= 11 is 3.16. The van der Waals surface area contributed by atoms with E-state index in [0.717, 1.165) is 10.9 Å². The maximum absolute atomic E-state index is 13.4. The molecule has 76 valence electrons. The van der Waals surface area contributed by atoms with Crippen LogP contribution < -0.4 is 0 Å². The molecule has 6 heteroatoms. The molecule has 1 aromatic heterocycles. The van der Waals surface area contributed by atoms with Crippen molar-refractivity contribution in [2.24, 2.45) is 5.11 Å². The van der Waals surface area contributed by atoms with Crippen LogP contribution in [0.15, 0.2) is 27.9 Å². The van der Waals surface area contributed by atoms with E-state index < -0.39 is 0 Å².